The van der Waals surface area contributed by atoms with Crippen LogP contribution < -0.4 is 0 Å². The van der Waals surface area contributed by atoms with E-state index in [-0.39, 0.29) is 0 Å². The summed E-state index contributed by atoms with van der Waals surface area (Å²) in [5, 5.41) is 0. The third-order valence-corrected chi connectivity index (χ3v) is 4.48. The Balaban J connectivity index is 1.82. The van der Waals surface area contributed by atoms with Crippen molar-refractivity contribution in [3.05, 3.63) is 54.4 Å². The van der Waals surface area contributed by atoms with Crippen molar-refractivity contribution < 1.29 is 14.6 Å². The quantitative estimate of drug-likeness (QED) is 0.125. The van der Waals surface area contributed by atoms with Crippen LogP contribution in [0, 0.1) is 0 Å². The van der Waals surface area contributed by atoms with Crippen LogP contribution in [-0.2, 0) is 9.78 Å². The fourth-order valence-corrected chi connectivity index (χ4v) is 2.78. The van der Waals surface area contributed by atoms with Crippen LogP contribution in [0.15, 0.2) is 48.8 Å². The Hall–Kier alpha value is -1.94. The van der Waals surface area contributed by atoms with Crippen LogP contribution in [0.4, 0.5) is 0 Å². The summed E-state index contributed by atoms with van der Waals surface area (Å²) < 4.78 is 0. The number of hydrogen-bond acceptors (Lipinski definition) is 4. The summed E-state index contributed by atoms with van der Waals surface area (Å²) in [6.45, 7) is 2.69. The highest BCUT2D eigenvalue weighted by Gasteiger charge is 2.06. The summed E-state index contributed by atoms with van der Waals surface area (Å²) in [4.78, 5) is 25.2. The third-order valence-electron chi connectivity index (χ3n) is 4.48. The number of carbonyl (C=O) groups is 1. The number of pyridine rings is 1. The number of unbranched alkanes of at least 4 members (excludes halogenated alkanes) is 9. The van der Waals surface area contributed by atoms with Gasteiger partial charge in [-0.1, -0.05) is 69.8 Å². The minimum atomic E-state index is -0.470. The standard InChI is InChI=1S/C24H37NO3/c1-2-3-4-5-6-7-8-9-10-11-12-13-14-15-16-17-22-27-28-24(26)23-18-20-25-21-19-23/h6-7,9-10,18-21H,2-5,8,11-17,22H2,1H3/b7-6-,10-9-. The molecule has 0 spiro atoms. The van der Waals surface area contributed by atoms with Crippen LogP contribution in [0.2, 0.25) is 0 Å². The van der Waals surface area contributed by atoms with Gasteiger partial charge in [0.2, 0.25) is 0 Å². The fraction of sp³-hybridized carbons (Fsp3) is 0.583. The second-order valence-electron chi connectivity index (χ2n) is 7.01. The largest absolute Gasteiger partial charge is 0.373 e. The summed E-state index contributed by atoms with van der Waals surface area (Å²) in [5.74, 6) is -0.470. The lowest BCUT2D eigenvalue weighted by Crippen LogP contribution is -2.07. The summed E-state index contributed by atoms with van der Waals surface area (Å²) in [5.41, 5.74) is 0.451. The van der Waals surface area contributed by atoms with Gasteiger partial charge in [0.25, 0.3) is 0 Å². The van der Waals surface area contributed by atoms with E-state index in [2.05, 4.69) is 36.2 Å². The summed E-state index contributed by atoms with van der Waals surface area (Å²) in [7, 11) is 0. The molecule has 0 atom stereocenters. The van der Waals surface area contributed by atoms with E-state index in [1.165, 1.54) is 57.8 Å². The molecule has 0 saturated heterocycles. The van der Waals surface area contributed by atoms with Crippen LogP contribution in [0.3, 0.4) is 0 Å². The number of hydrogen-bond donors (Lipinski definition) is 0. The molecular weight excluding hydrogens is 350 g/mol. The van der Waals surface area contributed by atoms with Gasteiger partial charge >= 0.3 is 5.97 Å². The Bertz CT molecular complexity index is 540. The molecule has 0 radical (unpaired) electrons. The predicted octanol–water partition coefficient (Wildman–Crippen LogP) is 6.98. The molecule has 1 aromatic heterocycles. The van der Waals surface area contributed by atoms with E-state index in [4.69, 9.17) is 9.78 Å². The van der Waals surface area contributed by atoms with Gasteiger partial charge < -0.3 is 0 Å². The Kier molecular flexibility index (Phi) is 15.9. The highest BCUT2D eigenvalue weighted by Crippen LogP contribution is 2.08. The molecule has 0 N–H and O–H groups in total. The molecule has 0 unspecified atom stereocenters. The lowest BCUT2D eigenvalue weighted by Gasteiger charge is -2.04. The number of carbonyl (C=O) groups excluding carboxylic acids is 1. The van der Waals surface area contributed by atoms with Gasteiger partial charge in [0.1, 0.15) is 0 Å². The van der Waals surface area contributed by atoms with Gasteiger partial charge in [0.05, 0.1) is 12.2 Å². The molecule has 0 fully saturated rings. The lowest BCUT2D eigenvalue weighted by molar-refractivity contribution is -0.241. The van der Waals surface area contributed by atoms with Crippen molar-refractivity contribution in [3.8, 4) is 0 Å². The summed E-state index contributed by atoms with van der Waals surface area (Å²) in [6.07, 6.45) is 26.7. The Morgan fingerprint density at radius 3 is 2.14 bits per heavy atom. The van der Waals surface area contributed by atoms with Crippen molar-refractivity contribution in [2.45, 2.75) is 84.0 Å². The van der Waals surface area contributed by atoms with Crippen molar-refractivity contribution in [2.24, 2.45) is 0 Å². The molecule has 0 aromatic carbocycles. The first-order valence-electron chi connectivity index (χ1n) is 10.9. The predicted molar refractivity (Wildman–Crippen MR) is 115 cm³/mol. The summed E-state index contributed by atoms with van der Waals surface area (Å²) >= 11 is 0. The van der Waals surface area contributed by atoms with Gasteiger partial charge in [0, 0.05) is 12.4 Å². The Morgan fingerprint density at radius 1 is 0.857 bits per heavy atom. The van der Waals surface area contributed by atoms with Crippen molar-refractivity contribution in [1.82, 2.24) is 4.98 Å². The van der Waals surface area contributed by atoms with Crippen LogP contribution in [0.25, 0.3) is 0 Å². The second-order valence-corrected chi connectivity index (χ2v) is 7.01. The molecule has 0 aliphatic rings. The highest BCUT2D eigenvalue weighted by molar-refractivity contribution is 5.88. The van der Waals surface area contributed by atoms with E-state index in [0.717, 1.165) is 19.3 Å². The number of allylic oxidation sites excluding steroid dienone is 4. The Labute approximate surface area is 171 Å². The normalized spacial score (nSPS) is 11.5. The van der Waals surface area contributed by atoms with Crippen LogP contribution >= 0.6 is 0 Å². The van der Waals surface area contributed by atoms with Gasteiger partial charge in [0.15, 0.2) is 0 Å². The van der Waals surface area contributed by atoms with Gasteiger partial charge in [-0.2, -0.15) is 4.89 Å². The molecule has 0 aliphatic carbocycles. The molecular formula is C24H37NO3. The van der Waals surface area contributed by atoms with Crippen molar-refractivity contribution >= 4 is 5.97 Å². The zero-order valence-electron chi connectivity index (χ0n) is 17.5. The maximum atomic E-state index is 11.6. The molecule has 1 heterocycles. The maximum absolute atomic E-state index is 11.6. The summed E-state index contributed by atoms with van der Waals surface area (Å²) in [6, 6.07) is 3.21. The van der Waals surface area contributed by atoms with E-state index >= 15 is 0 Å². The third kappa shape index (κ3) is 14.2. The first-order chi connectivity index (χ1) is 13.8. The van der Waals surface area contributed by atoms with E-state index < -0.39 is 5.97 Å². The smallest absolute Gasteiger partial charge is 0.293 e. The van der Waals surface area contributed by atoms with Crippen LogP contribution in [0.1, 0.15) is 94.3 Å². The van der Waals surface area contributed by atoms with Gasteiger partial charge in [-0.15, -0.1) is 0 Å². The zero-order chi connectivity index (χ0) is 20.1. The maximum Gasteiger partial charge on any atom is 0.373 e. The SMILES string of the molecule is CCCCC/C=C\C/C=C\CCCCCCCCOOC(=O)c1ccncc1. The first kappa shape index (κ1) is 24.1. The minimum absolute atomic E-state index is 0.450. The second kappa shape index (κ2) is 18.4. The van der Waals surface area contributed by atoms with Gasteiger partial charge in [-0.05, 0) is 50.7 Å². The lowest BCUT2D eigenvalue weighted by atomic mass is 10.1. The molecule has 1 aromatic rings. The first-order valence-corrected chi connectivity index (χ1v) is 10.9. The monoisotopic (exact) mass is 387 g/mol. The van der Waals surface area contributed by atoms with Crippen molar-refractivity contribution in [3.63, 3.8) is 0 Å². The topological polar surface area (TPSA) is 48.4 Å². The molecule has 0 bridgehead atoms. The van der Waals surface area contributed by atoms with E-state index in [9.17, 15) is 4.79 Å². The highest BCUT2D eigenvalue weighted by atomic mass is 17.2. The molecule has 1 rings (SSSR count). The fourth-order valence-electron chi connectivity index (χ4n) is 2.78. The van der Waals surface area contributed by atoms with E-state index in [0.29, 0.717) is 12.2 Å². The van der Waals surface area contributed by atoms with E-state index in [1.807, 2.05) is 0 Å². The molecule has 4 heteroatoms. The van der Waals surface area contributed by atoms with Gasteiger partial charge in [-0.3, -0.25) is 9.87 Å². The van der Waals surface area contributed by atoms with Crippen molar-refractivity contribution in [1.29, 1.82) is 0 Å². The number of nitrogens with zero attached hydrogens (tertiary/aromatic N) is 1. The molecule has 0 amide bonds. The van der Waals surface area contributed by atoms with E-state index in [1.54, 1.807) is 24.5 Å². The minimum Gasteiger partial charge on any atom is -0.293 e. The van der Waals surface area contributed by atoms with Crippen LogP contribution in [-0.4, -0.2) is 17.6 Å². The van der Waals surface area contributed by atoms with Crippen molar-refractivity contribution in [2.75, 3.05) is 6.61 Å². The molecule has 156 valence electrons. The number of aromatic nitrogens is 1. The molecule has 4 nitrogen and oxygen atoms in total. The number of rotatable bonds is 17. The van der Waals surface area contributed by atoms with Gasteiger partial charge in [-0.25, -0.2) is 4.79 Å². The Morgan fingerprint density at radius 2 is 1.46 bits per heavy atom. The molecule has 0 saturated carbocycles. The average Bonchev–Trinajstić information content (AvgIpc) is 2.73. The zero-order valence-corrected chi connectivity index (χ0v) is 17.5. The molecule has 0 aliphatic heterocycles. The average molecular weight is 388 g/mol. The van der Waals surface area contributed by atoms with Crippen LogP contribution in [0.5, 0.6) is 0 Å². The molecule has 28 heavy (non-hydrogen) atoms.